The van der Waals surface area contributed by atoms with Crippen LogP contribution in [-0.4, -0.2) is 50.8 Å². The first kappa shape index (κ1) is 16.5. The lowest BCUT2D eigenvalue weighted by atomic mass is 10.2. The maximum atomic E-state index is 12.2. The lowest BCUT2D eigenvalue weighted by Gasteiger charge is -2.26. The summed E-state index contributed by atoms with van der Waals surface area (Å²) in [6.07, 6.45) is 4.97. The van der Waals surface area contributed by atoms with E-state index in [0.29, 0.717) is 18.2 Å². The number of aliphatic carboxylic acids is 1. The van der Waals surface area contributed by atoms with Crippen LogP contribution in [-0.2, 0) is 9.53 Å². The molecule has 2 atom stereocenters. The molecule has 2 fully saturated rings. The predicted octanol–water partition coefficient (Wildman–Crippen LogP) is 3.12. The number of nitrogens with zero attached hydrogens (tertiary/aromatic N) is 1. The number of ether oxygens (including phenoxy) is 1. The molecule has 21 heavy (non-hydrogen) atoms. The van der Waals surface area contributed by atoms with Gasteiger partial charge in [0.25, 0.3) is 0 Å². The zero-order chi connectivity index (χ0) is 15.6. The Balaban J connectivity index is 1.97. The van der Waals surface area contributed by atoms with Crippen molar-refractivity contribution in [1.82, 2.24) is 4.90 Å². The molecule has 1 heterocycles. The van der Waals surface area contributed by atoms with E-state index in [1.54, 1.807) is 20.8 Å². The third kappa shape index (κ3) is 4.53. The molecule has 0 spiro atoms. The normalized spacial score (nSPS) is 27.1. The Morgan fingerprint density at radius 2 is 1.81 bits per heavy atom. The minimum Gasteiger partial charge on any atom is -0.480 e. The van der Waals surface area contributed by atoms with Crippen molar-refractivity contribution >= 4 is 23.8 Å². The fourth-order valence-corrected chi connectivity index (χ4v) is 4.64. The van der Waals surface area contributed by atoms with Gasteiger partial charge in [-0.1, -0.05) is 12.8 Å². The summed E-state index contributed by atoms with van der Waals surface area (Å²) in [5.74, 6) is -0.935. The number of carboxylic acid groups (broad SMARTS) is 1. The zero-order valence-corrected chi connectivity index (χ0v) is 13.8. The maximum absolute atomic E-state index is 12.2. The number of thioether (sulfide) groups is 1. The fourth-order valence-electron chi connectivity index (χ4n) is 2.95. The van der Waals surface area contributed by atoms with Crippen molar-refractivity contribution in [3.8, 4) is 0 Å². The van der Waals surface area contributed by atoms with Crippen LogP contribution in [0.5, 0.6) is 0 Å². The lowest BCUT2D eigenvalue weighted by Crippen LogP contribution is -2.43. The molecule has 0 unspecified atom stereocenters. The monoisotopic (exact) mass is 315 g/mol. The van der Waals surface area contributed by atoms with Crippen LogP contribution in [0.25, 0.3) is 0 Å². The average molecular weight is 315 g/mol. The predicted molar refractivity (Wildman–Crippen MR) is 82.6 cm³/mol. The van der Waals surface area contributed by atoms with Crippen molar-refractivity contribution in [3.63, 3.8) is 0 Å². The van der Waals surface area contributed by atoms with Crippen molar-refractivity contribution in [2.45, 2.75) is 75.0 Å². The van der Waals surface area contributed by atoms with E-state index in [2.05, 4.69) is 0 Å². The molecule has 120 valence electrons. The molecule has 2 aliphatic rings. The largest absolute Gasteiger partial charge is 0.480 e. The van der Waals surface area contributed by atoms with Gasteiger partial charge in [-0.05, 0) is 40.0 Å². The van der Waals surface area contributed by atoms with Crippen LogP contribution in [0.3, 0.4) is 0 Å². The minimum atomic E-state index is -0.935. The van der Waals surface area contributed by atoms with Crippen LogP contribution in [0.1, 0.15) is 52.9 Å². The van der Waals surface area contributed by atoms with Gasteiger partial charge < -0.3 is 9.84 Å². The molecule has 6 heteroatoms. The van der Waals surface area contributed by atoms with Crippen molar-refractivity contribution in [2.24, 2.45) is 0 Å². The van der Waals surface area contributed by atoms with Gasteiger partial charge in [-0.25, -0.2) is 9.59 Å². The molecule has 1 aliphatic heterocycles. The van der Waals surface area contributed by atoms with Crippen LogP contribution in [0.4, 0.5) is 4.79 Å². The van der Waals surface area contributed by atoms with E-state index >= 15 is 0 Å². The van der Waals surface area contributed by atoms with Gasteiger partial charge in [0.1, 0.15) is 11.6 Å². The Kier molecular flexibility index (Phi) is 5.07. The third-order valence-electron chi connectivity index (χ3n) is 3.86. The highest BCUT2D eigenvalue weighted by molar-refractivity contribution is 8.00. The molecule has 1 saturated carbocycles. The standard InChI is InChI=1S/C15H25NO4S/c1-15(2,3)20-14(19)16-9-11(8-12(16)13(17)18)21-10-6-4-5-7-10/h10-12H,4-9H2,1-3H3,(H,17,18)/t11-,12+/m1/s1. The van der Waals surface area contributed by atoms with Crippen molar-refractivity contribution < 1.29 is 19.4 Å². The van der Waals surface area contributed by atoms with E-state index in [4.69, 9.17) is 4.74 Å². The third-order valence-corrected chi connectivity index (χ3v) is 5.45. The second-order valence-electron chi connectivity index (χ2n) is 6.89. The summed E-state index contributed by atoms with van der Waals surface area (Å²) in [5.41, 5.74) is -0.600. The van der Waals surface area contributed by atoms with Gasteiger partial charge in [0.05, 0.1) is 0 Å². The van der Waals surface area contributed by atoms with Gasteiger partial charge in [-0.15, -0.1) is 0 Å². The van der Waals surface area contributed by atoms with Gasteiger partial charge in [0.15, 0.2) is 0 Å². The molecule has 2 rings (SSSR count). The fraction of sp³-hybridized carbons (Fsp3) is 0.867. The second kappa shape index (κ2) is 6.46. The van der Waals surface area contributed by atoms with E-state index in [9.17, 15) is 14.7 Å². The summed E-state index contributed by atoms with van der Waals surface area (Å²) in [7, 11) is 0. The van der Waals surface area contributed by atoms with E-state index < -0.39 is 23.7 Å². The number of carbonyl (C=O) groups excluding carboxylic acids is 1. The Labute approximate surface area is 130 Å². The summed E-state index contributed by atoms with van der Waals surface area (Å²) >= 11 is 1.86. The second-order valence-corrected chi connectivity index (χ2v) is 8.49. The number of carbonyl (C=O) groups is 2. The number of hydrogen-bond donors (Lipinski definition) is 1. The smallest absolute Gasteiger partial charge is 0.411 e. The van der Waals surface area contributed by atoms with Crippen molar-refractivity contribution in [1.29, 1.82) is 0 Å². The first-order valence-corrected chi connectivity index (χ1v) is 8.58. The Bertz CT molecular complexity index is 401. The minimum absolute atomic E-state index is 0.210. The van der Waals surface area contributed by atoms with Crippen LogP contribution in [0.15, 0.2) is 0 Å². The summed E-state index contributed by atoms with van der Waals surface area (Å²) in [6, 6.07) is -0.751. The molecule has 5 nitrogen and oxygen atoms in total. The Morgan fingerprint density at radius 1 is 1.19 bits per heavy atom. The number of carboxylic acids is 1. The van der Waals surface area contributed by atoms with E-state index in [1.807, 2.05) is 11.8 Å². The van der Waals surface area contributed by atoms with Gasteiger partial charge >= 0.3 is 12.1 Å². The number of rotatable bonds is 3. The molecular formula is C15H25NO4S. The van der Waals surface area contributed by atoms with Crippen LogP contribution >= 0.6 is 11.8 Å². The number of hydrogen-bond acceptors (Lipinski definition) is 4. The molecule has 0 aromatic rings. The Hall–Kier alpha value is -0.910. The number of amides is 1. The lowest BCUT2D eigenvalue weighted by molar-refractivity contribution is -0.142. The molecule has 0 bridgehead atoms. The average Bonchev–Trinajstić information content (AvgIpc) is 2.96. The van der Waals surface area contributed by atoms with Crippen molar-refractivity contribution in [3.05, 3.63) is 0 Å². The van der Waals surface area contributed by atoms with E-state index in [0.717, 1.165) is 0 Å². The van der Waals surface area contributed by atoms with Gasteiger partial charge in [-0.3, -0.25) is 4.90 Å². The molecule has 1 saturated heterocycles. The highest BCUT2D eigenvalue weighted by atomic mass is 32.2. The molecule has 1 N–H and O–H groups in total. The Morgan fingerprint density at radius 3 is 2.33 bits per heavy atom. The van der Waals surface area contributed by atoms with Crippen LogP contribution in [0.2, 0.25) is 0 Å². The van der Waals surface area contributed by atoms with Gasteiger partial charge in [-0.2, -0.15) is 11.8 Å². The SMILES string of the molecule is CC(C)(C)OC(=O)N1C[C@H](SC2CCCC2)C[C@H]1C(=O)O. The first-order valence-electron chi connectivity index (χ1n) is 7.64. The highest BCUT2D eigenvalue weighted by Gasteiger charge is 2.42. The summed E-state index contributed by atoms with van der Waals surface area (Å²) in [6.45, 7) is 5.86. The zero-order valence-electron chi connectivity index (χ0n) is 13.0. The highest BCUT2D eigenvalue weighted by Crippen LogP contribution is 2.37. The molecule has 0 radical (unpaired) electrons. The van der Waals surface area contributed by atoms with Crippen LogP contribution in [0, 0.1) is 0 Å². The molecule has 0 aromatic carbocycles. The summed E-state index contributed by atoms with van der Waals surface area (Å²) < 4.78 is 5.33. The first-order chi connectivity index (χ1) is 9.76. The molecule has 1 amide bonds. The maximum Gasteiger partial charge on any atom is 0.411 e. The van der Waals surface area contributed by atoms with E-state index in [-0.39, 0.29) is 5.25 Å². The van der Waals surface area contributed by atoms with E-state index in [1.165, 1.54) is 30.6 Å². The van der Waals surface area contributed by atoms with Crippen LogP contribution < -0.4 is 0 Å². The summed E-state index contributed by atoms with van der Waals surface area (Å²) in [5, 5.41) is 10.2. The number of likely N-dealkylation sites (tertiary alicyclic amines) is 1. The summed E-state index contributed by atoms with van der Waals surface area (Å²) in [4.78, 5) is 25.0. The molecular weight excluding hydrogens is 290 g/mol. The molecule has 1 aliphatic carbocycles. The van der Waals surface area contributed by atoms with Gasteiger partial charge in [0, 0.05) is 17.0 Å². The van der Waals surface area contributed by atoms with Gasteiger partial charge in [0.2, 0.25) is 0 Å². The van der Waals surface area contributed by atoms with Crippen molar-refractivity contribution in [2.75, 3.05) is 6.54 Å². The topological polar surface area (TPSA) is 66.8 Å². The molecule has 0 aromatic heterocycles. The quantitative estimate of drug-likeness (QED) is 0.866.